The fraction of sp³-hybridized carbons (Fsp3) is 1.00. The lowest BCUT2D eigenvalue weighted by Gasteiger charge is -2.07. The Bertz CT molecular complexity index is 204. The highest BCUT2D eigenvalue weighted by Crippen LogP contribution is 1.78. The Morgan fingerprint density at radius 1 is 0.833 bits per heavy atom. The standard InChI is InChI=1S/C12H28N2O4/c1-2-13-3-7-17-11-12-18-9-5-14-4-8-16-10-6-15/h13-15H,2-12H2,1H3/i/hD2. The molecular formula is C12H28N2O4. The van der Waals surface area contributed by atoms with Gasteiger partial charge in [-0.05, 0) is 6.54 Å². The Morgan fingerprint density at radius 2 is 1.33 bits per heavy atom. The molecule has 0 bridgehead atoms. The molecule has 18 heavy (non-hydrogen) atoms. The molecule has 0 aliphatic heterocycles. The van der Waals surface area contributed by atoms with E-state index in [1.165, 1.54) is 10.6 Å². The molecule has 0 spiro atoms. The zero-order chi connectivity index (χ0) is 15.1. The Balaban J connectivity index is 3.15. The maximum absolute atomic E-state index is 8.51. The van der Waals surface area contributed by atoms with Crippen molar-refractivity contribution >= 4 is 0 Å². The van der Waals surface area contributed by atoms with Gasteiger partial charge in [0.25, 0.3) is 0 Å². The number of aliphatic hydroxyl groups is 1. The molecule has 110 valence electrons. The second-order valence-corrected chi connectivity index (χ2v) is 3.49. The van der Waals surface area contributed by atoms with Crippen LogP contribution in [0.25, 0.3) is 0 Å². The molecule has 0 aromatic heterocycles. The van der Waals surface area contributed by atoms with Gasteiger partial charge in [-0.1, -0.05) is 6.92 Å². The van der Waals surface area contributed by atoms with Crippen LogP contribution in [0.3, 0.4) is 0 Å². The van der Waals surface area contributed by atoms with Crippen LogP contribution in [0.4, 0.5) is 0 Å². The van der Waals surface area contributed by atoms with E-state index in [1.807, 2.05) is 6.92 Å². The summed E-state index contributed by atoms with van der Waals surface area (Å²) >= 11 is 0. The highest BCUT2D eigenvalue weighted by Gasteiger charge is 1.91. The first-order valence-corrected chi connectivity index (χ1v) is 6.52. The van der Waals surface area contributed by atoms with Crippen LogP contribution in [0.5, 0.6) is 0 Å². The minimum atomic E-state index is 0.0113. The summed E-state index contributed by atoms with van der Waals surface area (Å²) in [6, 6.07) is 0. The molecule has 0 rings (SSSR count). The molecule has 0 aliphatic carbocycles. The van der Waals surface area contributed by atoms with Crippen molar-refractivity contribution in [2.24, 2.45) is 0 Å². The monoisotopic (exact) mass is 266 g/mol. The third kappa shape index (κ3) is 15.8. The molecule has 0 aromatic carbocycles. The number of rotatable bonds is 15. The van der Waals surface area contributed by atoms with E-state index in [0.717, 1.165) is 0 Å². The van der Waals surface area contributed by atoms with Crippen LogP contribution >= 0.6 is 0 Å². The van der Waals surface area contributed by atoms with Gasteiger partial charge in [0.05, 0.1) is 46.2 Å². The zero-order valence-electron chi connectivity index (χ0n) is 13.3. The van der Waals surface area contributed by atoms with Crippen LogP contribution in [0.1, 0.15) is 6.92 Å². The quantitative estimate of drug-likeness (QED) is 0.338. The molecule has 0 unspecified atom stereocenters. The first-order valence-electron chi connectivity index (χ1n) is 7.41. The molecule has 0 radical (unpaired) electrons. The molecule has 0 atom stereocenters. The normalized spacial score (nSPS) is 13.1. The van der Waals surface area contributed by atoms with Crippen LogP contribution in [0.2, 0.25) is 2.82 Å². The van der Waals surface area contributed by atoms with Gasteiger partial charge in [-0.25, -0.2) is 0 Å². The van der Waals surface area contributed by atoms with E-state index < -0.39 is 0 Å². The van der Waals surface area contributed by atoms with Gasteiger partial charge < -0.3 is 29.9 Å². The van der Waals surface area contributed by atoms with Gasteiger partial charge in [-0.15, -0.1) is 0 Å². The lowest BCUT2D eigenvalue weighted by molar-refractivity contribution is 0.0488. The molecule has 6 nitrogen and oxygen atoms in total. The predicted octanol–water partition coefficient (Wildman–Crippen LogP) is -0.772. The average Bonchev–Trinajstić information content (AvgIpc) is 2.46. The maximum atomic E-state index is 8.51. The third-order valence-corrected chi connectivity index (χ3v) is 2.01. The number of ether oxygens (including phenoxy) is 3. The first-order chi connectivity index (χ1) is 9.70. The lowest BCUT2D eigenvalue weighted by Crippen LogP contribution is -2.25. The van der Waals surface area contributed by atoms with E-state index in [1.54, 1.807) is 0 Å². The second kappa shape index (κ2) is 16.8. The van der Waals surface area contributed by atoms with Crippen LogP contribution in [-0.2, 0) is 14.2 Å². The molecule has 6 heteroatoms. The Morgan fingerprint density at radius 3 is 1.83 bits per heavy atom. The van der Waals surface area contributed by atoms with Crippen LogP contribution in [0.15, 0.2) is 0 Å². The summed E-state index contributed by atoms with van der Waals surface area (Å²) < 4.78 is 30.7. The van der Waals surface area contributed by atoms with E-state index in [9.17, 15) is 0 Å². The van der Waals surface area contributed by atoms with Crippen molar-refractivity contribution in [3.05, 3.63) is 0 Å². The van der Waals surface area contributed by atoms with Crippen molar-refractivity contribution < 1.29 is 22.1 Å². The van der Waals surface area contributed by atoms with Crippen LogP contribution < -0.4 is 10.6 Å². The van der Waals surface area contributed by atoms with Gasteiger partial charge in [-0.2, -0.15) is 0 Å². The number of hydrogen-bond donors (Lipinski definition) is 3. The number of nitrogens with one attached hydrogen (secondary N) is 2. The SMILES string of the molecule is [2H]N(CC)CCOCCOCCN([2H])CCOCCO. The van der Waals surface area contributed by atoms with Gasteiger partial charge in [0, 0.05) is 19.6 Å². The summed E-state index contributed by atoms with van der Waals surface area (Å²) in [6.07, 6.45) is 0. The summed E-state index contributed by atoms with van der Waals surface area (Å²) in [5, 5.41) is 11.3. The molecule has 3 N–H and O–H groups in total. The maximum Gasteiger partial charge on any atom is 0.122 e. The summed E-state index contributed by atoms with van der Waals surface area (Å²) in [7, 11) is 0. The van der Waals surface area contributed by atoms with E-state index in [4.69, 9.17) is 22.1 Å². The smallest absolute Gasteiger partial charge is 0.122 e. The highest BCUT2D eigenvalue weighted by atomic mass is 16.5. The molecule has 0 saturated carbocycles. The van der Waals surface area contributed by atoms with Gasteiger partial charge in [0.2, 0.25) is 0 Å². The number of likely N-dealkylation sites (N-methyl/N-ethyl adjacent to an activating group) is 1. The molecule has 0 fully saturated rings. The minimum Gasteiger partial charge on any atom is -0.394 e. The van der Waals surface area contributed by atoms with Crippen LogP contribution in [0, 0.1) is 0 Å². The minimum absolute atomic E-state index is 0.0113. The number of hydrogen-bond acceptors (Lipinski definition) is 6. The predicted molar refractivity (Wildman–Crippen MR) is 71.0 cm³/mol. The van der Waals surface area contributed by atoms with Gasteiger partial charge in [0.15, 0.2) is 0 Å². The van der Waals surface area contributed by atoms with E-state index in [-0.39, 0.29) is 6.61 Å². The summed E-state index contributed by atoms with van der Waals surface area (Å²) in [5.74, 6) is 0. The fourth-order valence-corrected chi connectivity index (χ4v) is 1.15. The van der Waals surface area contributed by atoms with Gasteiger partial charge in [0.1, 0.15) is 2.82 Å². The Kier molecular flexibility index (Phi) is 13.2. The fourth-order valence-electron chi connectivity index (χ4n) is 1.15. The molecular weight excluding hydrogens is 236 g/mol. The van der Waals surface area contributed by atoms with Crippen molar-refractivity contribution in [2.75, 3.05) is 72.4 Å². The van der Waals surface area contributed by atoms with E-state index >= 15 is 0 Å². The summed E-state index contributed by atoms with van der Waals surface area (Å²) in [4.78, 5) is 0. The van der Waals surface area contributed by atoms with Crippen molar-refractivity contribution in [2.45, 2.75) is 6.92 Å². The average molecular weight is 266 g/mol. The molecule has 0 aliphatic rings. The molecule has 0 aromatic rings. The second-order valence-electron chi connectivity index (χ2n) is 3.49. The zero-order valence-corrected chi connectivity index (χ0v) is 11.3. The van der Waals surface area contributed by atoms with E-state index in [0.29, 0.717) is 65.8 Å². The molecule has 0 heterocycles. The van der Waals surface area contributed by atoms with Crippen molar-refractivity contribution in [3.63, 3.8) is 0 Å². The number of aliphatic hydroxyl groups excluding tert-OH is 1. The highest BCUT2D eigenvalue weighted by molar-refractivity contribution is 4.45. The van der Waals surface area contributed by atoms with Crippen molar-refractivity contribution in [3.8, 4) is 0 Å². The third-order valence-electron chi connectivity index (χ3n) is 2.01. The van der Waals surface area contributed by atoms with Crippen molar-refractivity contribution in [1.82, 2.24) is 10.6 Å². The van der Waals surface area contributed by atoms with Crippen molar-refractivity contribution in [1.29, 1.82) is 0 Å². The van der Waals surface area contributed by atoms with Gasteiger partial charge in [-0.3, -0.25) is 0 Å². The topological polar surface area (TPSA) is 72.0 Å². The summed E-state index contributed by atoms with van der Waals surface area (Å²) in [6.45, 7) is 7.02. The lowest BCUT2D eigenvalue weighted by atomic mass is 10.6. The van der Waals surface area contributed by atoms with Crippen LogP contribution in [-0.4, -0.2) is 77.5 Å². The van der Waals surface area contributed by atoms with Gasteiger partial charge >= 0.3 is 0 Å². The Hall–Kier alpha value is -0.240. The summed E-state index contributed by atoms with van der Waals surface area (Å²) in [5.41, 5.74) is 0. The molecule has 0 saturated heterocycles. The Labute approximate surface area is 113 Å². The largest absolute Gasteiger partial charge is 0.394 e. The first kappa shape index (κ1) is 14.2. The molecule has 0 amide bonds. The van der Waals surface area contributed by atoms with E-state index in [2.05, 4.69) is 0 Å².